The van der Waals surface area contributed by atoms with Crippen molar-refractivity contribution >= 4 is 5.91 Å². The van der Waals surface area contributed by atoms with Gasteiger partial charge in [0.2, 0.25) is 5.91 Å². The normalized spacial score (nSPS) is 12.5. The van der Waals surface area contributed by atoms with Crippen LogP contribution in [0.5, 0.6) is 0 Å². The topological polar surface area (TPSA) is 55.1 Å². The van der Waals surface area contributed by atoms with E-state index in [1.54, 1.807) is 0 Å². The van der Waals surface area contributed by atoms with E-state index in [1.165, 1.54) is 19.3 Å². The van der Waals surface area contributed by atoms with Crippen molar-refractivity contribution in [1.82, 2.24) is 5.32 Å². The molecule has 1 amide bonds. The number of unbranched alkanes of at least 4 members (excludes halogenated alkanes) is 1. The molecule has 0 saturated carbocycles. The van der Waals surface area contributed by atoms with Gasteiger partial charge in [0.15, 0.2) is 0 Å². The first-order valence-electron chi connectivity index (χ1n) is 6.21. The van der Waals surface area contributed by atoms with E-state index in [4.69, 9.17) is 5.73 Å². The smallest absolute Gasteiger partial charge is 0.220 e. The summed E-state index contributed by atoms with van der Waals surface area (Å²) < 4.78 is 0. The van der Waals surface area contributed by atoms with Crippen LogP contribution < -0.4 is 11.1 Å². The molecule has 0 aliphatic carbocycles. The van der Waals surface area contributed by atoms with Gasteiger partial charge in [-0.25, -0.2) is 0 Å². The van der Waals surface area contributed by atoms with Gasteiger partial charge in [0, 0.05) is 13.0 Å². The summed E-state index contributed by atoms with van der Waals surface area (Å²) in [7, 11) is 0. The lowest BCUT2D eigenvalue weighted by molar-refractivity contribution is -0.122. The van der Waals surface area contributed by atoms with Gasteiger partial charge in [-0.15, -0.1) is 0 Å². The van der Waals surface area contributed by atoms with Gasteiger partial charge in [-0.05, 0) is 25.3 Å². The van der Waals surface area contributed by atoms with Crippen molar-refractivity contribution in [3.05, 3.63) is 0 Å². The fraction of sp³-hybridized carbons (Fsp3) is 0.917. The Bertz CT molecular complexity index is 160. The van der Waals surface area contributed by atoms with Gasteiger partial charge in [-0.1, -0.05) is 33.1 Å². The Hall–Kier alpha value is -0.570. The number of carbonyl (C=O) groups is 1. The molecule has 90 valence electrons. The van der Waals surface area contributed by atoms with Crippen LogP contribution in [0.1, 0.15) is 52.4 Å². The summed E-state index contributed by atoms with van der Waals surface area (Å²) in [4.78, 5) is 11.5. The van der Waals surface area contributed by atoms with Crippen LogP contribution in [0.4, 0.5) is 0 Å². The van der Waals surface area contributed by atoms with E-state index < -0.39 is 0 Å². The molecule has 0 aliphatic rings. The molecule has 0 radical (unpaired) electrons. The van der Waals surface area contributed by atoms with Crippen molar-refractivity contribution in [3.63, 3.8) is 0 Å². The molecule has 3 nitrogen and oxygen atoms in total. The highest BCUT2D eigenvalue weighted by Crippen LogP contribution is 2.16. The molecule has 0 aliphatic heterocycles. The lowest BCUT2D eigenvalue weighted by atomic mass is 9.95. The van der Waals surface area contributed by atoms with Crippen LogP contribution in [0.15, 0.2) is 0 Å². The van der Waals surface area contributed by atoms with Crippen LogP contribution in [0.2, 0.25) is 0 Å². The van der Waals surface area contributed by atoms with Gasteiger partial charge in [0.25, 0.3) is 0 Å². The molecule has 0 aromatic carbocycles. The molecule has 15 heavy (non-hydrogen) atoms. The van der Waals surface area contributed by atoms with Gasteiger partial charge >= 0.3 is 0 Å². The van der Waals surface area contributed by atoms with Crippen LogP contribution in [-0.4, -0.2) is 19.0 Å². The minimum atomic E-state index is 0.186. The van der Waals surface area contributed by atoms with Crippen molar-refractivity contribution < 1.29 is 4.79 Å². The largest absolute Gasteiger partial charge is 0.356 e. The first kappa shape index (κ1) is 14.4. The predicted molar refractivity (Wildman–Crippen MR) is 64.6 cm³/mol. The van der Waals surface area contributed by atoms with Gasteiger partial charge in [-0.3, -0.25) is 4.79 Å². The number of amides is 1. The highest BCUT2D eigenvalue weighted by atomic mass is 16.1. The van der Waals surface area contributed by atoms with Gasteiger partial charge in [0.1, 0.15) is 0 Å². The Morgan fingerprint density at radius 2 is 2.07 bits per heavy atom. The highest BCUT2D eigenvalue weighted by molar-refractivity contribution is 5.76. The predicted octanol–water partition coefficient (Wildman–Crippen LogP) is 2.06. The standard InChI is InChI=1S/C12H26N2O/c1-3-5-7-11(4-2)10-12(15)14-9-6-8-13/h11H,3-10,13H2,1-2H3,(H,14,15). The van der Waals surface area contributed by atoms with E-state index in [0.29, 0.717) is 18.9 Å². The third kappa shape index (κ3) is 8.43. The van der Waals surface area contributed by atoms with Crippen molar-refractivity contribution in [2.24, 2.45) is 11.7 Å². The zero-order valence-electron chi connectivity index (χ0n) is 10.2. The average Bonchev–Trinajstić information content (AvgIpc) is 2.24. The summed E-state index contributed by atoms with van der Waals surface area (Å²) >= 11 is 0. The molecule has 0 heterocycles. The van der Waals surface area contributed by atoms with Crippen LogP contribution in [0.3, 0.4) is 0 Å². The van der Waals surface area contributed by atoms with Gasteiger partial charge in [-0.2, -0.15) is 0 Å². The average molecular weight is 214 g/mol. The number of hydrogen-bond acceptors (Lipinski definition) is 2. The minimum Gasteiger partial charge on any atom is -0.356 e. The maximum atomic E-state index is 11.5. The number of rotatable bonds is 9. The van der Waals surface area contributed by atoms with E-state index in [-0.39, 0.29) is 5.91 Å². The van der Waals surface area contributed by atoms with Crippen molar-refractivity contribution in [3.8, 4) is 0 Å². The zero-order chi connectivity index (χ0) is 11.5. The number of hydrogen-bond donors (Lipinski definition) is 2. The lowest BCUT2D eigenvalue weighted by Crippen LogP contribution is -2.27. The van der Waals surface area contributed by atoms with Crippen LogP contribution in [0.25, 0.3) is 0 Å². The SMILES string of the molecule is CCCCC(CC)CC(=O)NCCCN. The second kappa shape index (κ2) is 9.97. The summed E-state index contributed by atoms with van der Waals surface area (Å²) in [5.41, 5.74) is 5.36. The Morgan fingerprint density at radius 3 is 2.60 bits per heavy atom. The van der Waals surface area contributed by atoms with E-state index in [1.807, 2.05) is 0 Å². The van der Waals surface area contributed by atoms with E-state index in [9.17, 15) is 4.79 Å². The Labute approximate surface area is 93.8 Å². The summed E-state index contributed by atoms with van der Waals surface area (Å²) in [6, 6.07) is 0. The summed E-state index contributed by atoms with van der Waals surface area (Å²) in [6.45, 7) is 5.72. The van der Waals surface area contributed by atoms with Crippen molar-refractivity contribution in [1.29, 1.82) is 0 Å². The van der Waals surface area contributed by atoms with E-state index >= 15 is 0 Å². The molecule has 3 heteroatoms. The molecule has 0 bridgehead atoms. The van der Waals surface area contributed by atoms with Gasteiger partial charge < -0.3 is 11.1 Å². The number of carbonyl (C=O) groups excluding carboxylic acids is 1. The molecule has 3 N–H and O–H groups in total. The van der Waals surface area contributed by atoms with Crippen LogP contribution in [-0.2, 0) is 4.79 Å². The summed E-state index contributed by atoms with van der Waals surface area (Å²) in [5.74, 6) is 0.745. The fourth-order valence-electron chi connectivity index (χ4n) is 1.61. The first-order chi connectivity index (χ1) is 7.24. The molecule has 0 saturated heterocycles. The zero-order valence-corrected chi connectivity index (χ0v) is 10.2. The molecule has 1 unspecified atom stereocenters. The van der Waals surface area contributed by atoms with Crippen LogP contribution >= 0.6 is 0 Å². The second-order valence-corrected chi connectivity index (χ2v) is 4.11. The molecule has 1 atom stereocenters. The Morgan fingerprint density at radius 1 is 1.33 bits per heavy atom. The molecular formula is C12H26N2O. The number of nitrogens with one attached hydrogen (secondary N) is 1. The molecule has 0 aromatic rings. The molecule has 0 rings (SSSR count). The number of nitrogens with two attached hydrogens (primary N) is 1. The first-order valence-corrected chi connectivity index (χ1v) is 6.21. The Balaban J connectivity index is 3.60. The quantitative estimate of drug-likeness (QED) is 0.577. The minimum absolute atomic E-state index is 0.186. The maximum Gasteiger partial charge on any atom is 0.220 e. The van der Waals surface area contributed by atoms with Gasteiger partial charge in [0.05, 0.1) is 0 Å². The molecule has 0 fully saturated rings. The third-order valence-corrected chi connectivity index (χ3v) is 2.72. The molecular weight excluding hydrogens is 188 g/mol. The molecule has 0 aromatic heterocycles. The van der Waals surface area contributed by atoms with E-state index in [2.05, 4.69) is 19.2 Å². The third-order valence-electron chi connectivity index (χ3n) is 2.72. The summed E-state index contributed by atoms with van der Waals surface area (Å²) in [5, 5.41) is 2.91. The summed E-state index contributed by atoms with van der Waals surface area (Å²) in [6.07, 6.45) is 6.28. The second-order valence-electron chi connectivity index (χ2n) is 4.11. The van der Waals surface area contributed by atoms with E-state index in [0.717, 1.165) is 19.4 Å². The van der Waals surface area contributed by atoms with Crippen molar-refractivity contribution in [2.75, 3.05) is 13.1 Å². The Kier molecular flexibility index (Phi) is 9.59. The monoisotopic (exact) mass is 214 g/mol. The van der Waals surface area contributed by atoms with Crippen LogP contribution in [0, 0.1) is 5.92 Å². The van der Waals surface area contributed by atoms with Crippen molar-refractivity contribution in [2.45, 2.75) is 52.4 Å². The lowest BCUT2D eigenvalue weighted by Gasteiger charge is -2.13. The molecule has 0 spiro atoms. The maximum absolute atomic E-state index is 11.5. The highest BCUT2D eigenvalue weighted by Gasteiger charge is 2.10. The fourth-order valence-corrected chi connectivity index (χ4v) is 1.61.